The maximum absolute atomic E-state index is 13.8. The fraction of sp³-hybridized carbons (Fsp3) is 0.152. The zero-order chi connectivity index (χ0) is 28.8. The summed E-state index contributed by atoms with van der Waals surface area (Å²) in [4.78, 5) is 27.6. The Morgan fingerprint density at radius 2 is 1.40 bits per heavy atom. The fourth-order valence-electron chi connectivity index (χ4n) is 4.86. The average molecular weight is 548 g/mol. The van der Waals surface area contributed by atoms with Crippen LogP contribution < -0.4 is 4.90 Å². The topological polar surface area (TPSA) is 94.2 Å². The largest absolute Gasteiger partial charge is 0.465 e. The number of nitrogens with zero attached hydrogens (tertiary/aromatic N) is 3. The third-order valence-corrected chi connectivity index (χ3v) is 7.00. The Labute approximate surface area is 238 Å². The molecule has 0 saturated carbocycles. The maximum Gasteiger partial charge on any atom is 0.338 e. The van der Waals surface area contributed by atoms with Crippen LogP contribution in [0.4, 0.5) is 11.4 Å². The van der Waals surface area contributed by atoms with Gasteiger partial charge in [0.15, 0.2) is 0 Å². The molecule has 0 N–H and O–H groups in total. The van der Waals surface area contributed by atoms with Crippen molar-refractivity contribution in [3.8, 4) is 23.3 Å². The van der Waals surface area contributed by atoms with Crippen molar-refractivity contribution in [3.63, 3.8) is 0 Å². The molecule has 40 heavy (non-hydrogen) atoms. The van der Waals surface area contributed by atoms with Gasteiger partial charge in [0.05, 0.1) is 35.2 Å². The molecule has 0 aliphatic heterocycles. The number of methoxy groups -OCH3 is 1. The molecule has 7 heteroatoms. The van der Waals surface area contributed by atoms with Gasteiger partial charge in [0, 0.05) is 11.4 Å². The first kappa shape index (κ1) is 28.1. The van der Waals surface area contributed by atoms with Gasteiger partial charge in [-0.15, -0.1) is 0 Å². The number of esters is 1. The predicted molar refractivity (Wildman–Crippen MR) is 155 cm³/mol. The molecule has 198 valence electrons. The van der Waals surface area contributed by atoms with Gasteiger partial charge in [0.1, 0.15) is 12.1 Å². The SMILES string of the molecule is COC(=O)c1ccc(Cl)cc1-c1cc(C)c(CCC(=O)N(c2ccccc2C#N)c2ccccc2C#N)c(C)c1. The summed E-state index contributed by atoms with van der Waals surface area (Å²) in [6, 6.07) is 27.0. The molecule has 0 atom stereocenters. The summed E-state index contributed by atoms with van der Waals surface area (Å²) < 4.78 is 4.95. The second-order valence-corrected chi connectivity index (χ2v) is 9.69. The molecule has 0 aromatic heterocycles. The highest BCUT2D eigenvalue weighted by molar-refractivity contribution is 6.31. The first-order valence-electron chi connectivity index (χ1n) is 12.6. The zero-order valence-electron chi connectivity index (χ0n) is 22.4. The third-order valence-electron chi connectivity index (χ3n) is 6.76. The van der Waals surface area contributed by atoms with E-state index in [9.17, 15) is 20.1 Å². The second kappa shape index (κ2) is 12.3. The van der Waals surface area contributed by atoms with Gasteiger partial charge < -0.3 is 4.74 Å². The van der Waals surface area contributed by atoms with Crippen molar-refractivity contribution in [3.05, 3.63) is 117 Å². The summed E-state index contributed by atoms with van der Waals surface area (Å²) in [6.45, 7) is 3.93. The van der Waals surface area contributed by atoms with Gasteiger partial charge in [-0.05, 0) is 90.6 Å². The molecule has 0 saturated heterocycles. The van der Waals surface area contributed by atoms with E-state index in [1.54, 1.807) is 66.7 Å². The molecule has 1 amide bonds. The Bertz CT molecular complexity index is 1620. The molecular weight excluding hydrogens is 522 g/mol. The molecule has 0 radical (unpaired) electrons. The van der Waals surface area contributed by atoms with Crippen LogP contribution in [0.3, 0.4) is 0 Å². The van der Waals surface area contributed by atoms with E-state index in [4.69, 9.17) is 16.3 Å². The van der Waals surface area contributed by atoms with Crippen molar-refractivity contribution in [2.45, 2.75) is 26.7 Å². The molecule has 0 heterocycles. The highest BCUT2D eigenvalue weighted by Gasteiger charge is 2.24. The average Bonchev–Trinajstić information content (AvgIpc) is 2.96. The third kappa shape index (κ3) is 5.73. The molecule has 4 rings (SSSR count). The number of amides is 1. The smallest absolute Gasteiger partial charge is 0.338 e. The van der Waals surface area contributed by atoms with Crippen LogP contribution in [0.25, 0.3) is 11.1 Å². The Morgan fingerprint density at radius 3 is 1.93 bits per heavy atom. The molecule has 0 aliphatic carbocycles. The van der Waals surface area contributed by atoms with Crippen LogP contribution in [-0.2, 0) is 16.0 Å². The number of hydrogen-bond donors (Lipinski definition) is 0. The van der Waals surface area contributed by atoms with E-state index in [1.807, 2.05) is 26.0 Å². The number of nitriles is 2. The van der Waals surface area contributed by atoms with E-state index in [2.05, 4.69) is 12.1 Å². The number of halogens is 1. The molecule has 4 aromatic carbocycles. The summed E-state index contributed by atoms with van der Waals surface area (Å²) in [6.07, 6.45) is 0.585. The van der Waals surface area contributed by atoms with Gasteiger partial charge in [-0.25, -0.2) is 4.79 Å². The second-order valence-electron chi connectivity index (χ2n) is 9.26. The monoisotopic (exact) mass is 547 g/mol. The van der Waals surface area contributed by atoms with E-state index >= 15 is 0 Å². The quantitative estimate of drug-likeness (QED) is 0.224. The number of anilines is 2. The number of carbonyl (C=O) groups is 2. The van der Waals surface area contributed by atoms with E-state index in [0.717, 1.165) is 22.3 Å². The standard InChI is InChI=1S/C33H26ClN3O3/c1-21-16-25(29-18-26(34)12-13-28(29)33(39)40-3)17-22(2)27(21)14-15-32(38)37(30-10-6-4-8-23(30)19-35)31-11-7-5-9-24(31)20-36/h4-13,16-18H,14-15H2,1-3H3. The van der Waals surface area contributed by atoms with Crippen molar-refractivity contribution in [2.24, 2.45) is 0 Å². The van der Waals surface area contributed by atoms with Crippen LogP contribution in [0.2, 0.25) is 5.02 Å². The first-order chi connectivity index (χ1) is 19.3. The van der Waals surface area contributed by atoms with Crippen LogP contribution in [0.15, 0.2) is 78.9 Å². The van der Waals surface area contributed by atoms with Crippen molar-refractivity contribution in [1.29, 1.82) is 10.5 Å². The highest BCUT2D eigenvalue weighted by Crippen LogP contribution is 2.34. The highest BCUT2D eigenvalue weighted by atomic mass is 35.5. The Kier molecular flexibility index (Phi) is 8.64. The summed E-state index contributed by atoms with van der Waals surface area (Å²) in [7, 11) is 1.34. The van der Waals surface area contributed by atoms with E-state index in [-0.39, 0.29) is 12.3 Å². The van der Waals surface area contributed by atoms with Crippen molar-refractivity contribution >= 4 is 34.9 Å². The van der Waals surface area contributed by atoms with Gasteiger partial charge in [0.25, 0.3) is 0 Å². The van der Waals surface area contributed by atoms with Crippen molar-refractivity contribution < 1.29 is 14.3 Å². The molecule has 0 bridgehead atoms. The van der Waals surface area contributed by atoms with Crippen molar-refractivity contribution in [2.75, 3.05) is 12.0 Å². The fourth-order valence-corrected chi connectivity index (χ4v) is 5.03. The Morgan fingerprint density at radius 1 is 0.850 bits per heavy atom. The number of benzene rings is 4. The van der Waals surface area contributed by atoms with Gasteiger partial charge in [-0.3, -0.25) is 9.69 Å². The number of rotatable bonds is 7. The van der Waals surface area contributed by atoms with E-state index in [0.29, 0.717) is 45.1 Å². The van der Waals surface area contributed by atoms with Gasteiger partial charge in [-0.1, -0.05) is 48.0 Å². The minimum atomic E-state index is -0.452. The predicted octanol–water partition coefficient (Wildman–Crippen LogP) is 7.45. The van der Waals surface area contributed by atoms with Crippen LogP contribution in [0.5, 0.6) is 0 Å². The molecule has 6 nitrogen and oxygen atoms in total. The molecule has 0 aliphatic rings. The number of carbonyl (C=O) groups excluding carboxylic acids is 2. The van der Waals surface area contributed by atoms with Gasteiger partial charge >= 0.3 is 5.97 Å². The summed E-state index contributed by atoms with van der Waals surface area (Å²) in [5.74, 6) is -0.692. The van der Waals surface area contributed by atoms with Crippen LogP contribution in [0.1, 0.15) is 44.6 Å². The Hall–Kier alpha value is -4.91. The molecule has 0 fully saturated rings. The maximum atomic E-state index is 13.8. The lowest BCUT2D eigenvalue weighted by molar-refractivity contribution is -0.117. The van der Waals surface area contributed by atoms with Gasteiger partial charge in [0.2, 0.25) is 5.91 Å². The van der Waals surface area contributed by atoms with E-state index in [1.165, 1.54) is 12.0 Å². The van der Waals surface area contributed by atoms with Crippen LogP contribution >= 0.6 is 11.6 Å². The van der Waals surface area contributed by atoms with Gasteiger partial charge in [-0.2, -0.15) is 10.5 Å². The number of ether oxygens (including phenoxy) is 1. The lowest BCUT2D eigenvalue weighted by Gasteiger charge is -2.25. The minimum Gasteiger partial charge on any atom is -0.465 e. The molecular formula is C33H26ClN3O3. The molecule has 0 unspecified atom stereocenters. The number of para-hydroxylation sites is 2. The number of aryl methyl sites for hydroxylation is 2. The van der Waals surface area contributed by atoms with Crippen LogP contribution in [-0.4, -0.2) is 19.0 Å². The van der Waals surface area contributed by atoms with Crippen molar-refractivity contribution in [1.82, 2.24) is 0 Å². The minimum absolute atomic E-state index is 0.144. The zero-order valence-corrected chi connectivity index (χ0v) is 23.1. The summed E-state index contributed by atoms with van der Waals surface area (Å²) in [5, 5.41) is 19.9. The Balaban J connectivity index is 1.69. The molecule has 0 spiro atoms. The number of hydrogen-bond acceptors (Lipinski definition) is 5. The first-order valence-corrected chi connectivity index (χ1v) is 13.0. The lowest BCUT2D eigenvalue weighted by Crippen LogP contribution is -2.27. The summed E-state index contributed by atoms with van der Waals surface area (Å²) >= 11 is 6.25. The molecule has 4 aromatic rings. The van der Waals surface area contributed by atoms with Crippen LogP contribution in [0, 0.1) is 36.5 Å². The summed E-state index contributed by atoms with van der Waals surface area (Å²) in [5.41, 5.74) is 6.35. The lowest BCUT2D eigenvalue weighted by atomic mass is 9.91. The normalized spacial score (nSPS) is 10.3. The van der Waals surface area contributed by atoms with E-state index < -0.39 is 5.97 Å².